The molecule has 0 amide bonds. The van der Waals surface area contributed by atoms with Crippen LogP contribution >= 0.6 is 11.6 Å². The molecule has 5 heteroatoms. The molecule has 0 unspecified atom stereocenters. The molecule has 84 valence electrons. The Hall–Kier alpha value is -1.42. The van der Waals surface area contributed by atoms with Crippen LogP contribution < -0.4 is 0 Å². The molecule has 0 radical (unpaired) electrons. The summed E-state index contributed by atoms with van der Waals surface area (Å²) in [4.78, 5) is 7.97. The van der Waals surface area contributed by atoms with Gasteiger partial charge in [0.05, 0.1) is 5.69 Å². The molecule has 0 atom stereocenters. The Morgan fingerprint density at radius 3 is 2.56 bits per heavy atom. The van der Waals surface area contributed by atoms with Crippen LogP contribution in [0, 0.1) is 0 Å². The Morgan fingerprint density at radius 2 is 2.06 bits per heavy atom. The quantitative estimate of drug-likeness (QED) is 0.765. The summed E-state index contributed by atoms with van der Waals surface area (Å²) < 4.78 is 1.61. The van der Waals surface area contributed by atoms with Gasteiger partial charge in [-0.2, -0.15) is 5.10 Å². The summed E-state index contributed by atoms with van der Waals surface area (Å²) in [6.07, 6.45) is 3.14. The first kappa shape index (κ1) is 11.1. The summed E-state index contributed by atoms with van der Waals surface area (Å²) in [7, 11) is 0. The topological polar surface area (TPSA) is 43.6 Å². The fourth-order valence-electron chi connectivity index (χ4n) is 1.29. The van der Waals surface area contributed by atoms with Crippen molar-refractivity contribution in [3.8, 4) is 5.82 Å². The molecule has 0 bridgehead atoms. The van der Waals surface area contributed by atoms with Gasteiger partial charge in [-0.1, -0.05) is 32.4 Å². The Kier molecular flexibility index (Phi) is 2.68. The van der Waals surface area contributed by atoms with Crippen molar-refractivity contribution < 1.29 is 0 Å². The lowest BCUT2D eigenvalue weighted by Gasteiger charge is -2.13. The van der Waals surface area contributed by atoms with Crippen LogP contribution in [-0.2, 0) is 5.41 Å². The highest BCUT2D eigenvalue weighted by Gasteiger charge is 2.19. The Morgan fingerprint density at radius 1 is 1.31 bits per heavy atom. The Balaban J connectivity index is 2.48. The average molecular weight is 237 g/mol. The Bertz CT molecular complexity index is 484. The van der Waals surface area contributed by atoms with E-state index in [0.29, 0.717) is 11.0 Å². The largest absolute Gasteiger partial charge is 0.245 e. The third-order valence-electron chi connectivity index (χ3n) is 2.22. The molecule has 4 nitrogen and oxygen atoms in total. The first-order chi connectivity index (χ1) is 7.48. The molecule has 0 fully saturated rings. The average Bonchev–Trinajstić information content (AvgIpc) is 2.61. The van der Waals surface area contributed by atoms with Crippen LogP contribution in [0.5, 0.6) is 0 Å². The van der Waals surface area contributed by atoms with Crippen LogP contribution in [0.15, 0.2) is 24.7 Å². The number of nitrogens with zero attached hydrogens (tertiary/aromatic N) is 4. The summed E-state index contributed by atoms with van der Waals surface area (Å²) in [6.45, 7) is 6.28. The van der Waals surface area contributed by atoms with Gasteiger partial charge in [0.15, 0.2) is 5.82 Å². The lowest BCUT2D eigenvalue weighted by atomic mass is 9.93. The van der Waals surface area contributed by atoms with E-state index in [1.54, 1.807) is 16.9 Å². The van der Waals surface area contributed by atoms with E-state index in [9.17, 15) is 0 Å². The highest BCUT2D eigenvalue weighted by atomic mass is 35.5. The monoisotopic (exact) mass is 236 g/mol. The van der Waals surface area contributed by atoms with E-state index < -0.39 is 0 Å². The molecule has 0 aliphatic carbocycles. The van der Waals surface area contributed by atoms with Crippen molar-refractivity contribution in [2.75, 3.05) is 0 Å². The molecule has 0 spiro atoms. The van der Waals surface area contributed by atoms with Crippen LogP contribution in [0.3, 0.4) is 0 Å². The van der Waals surface area contributed by atoms with Gasteiger partial charge in [-0.15, -0.1) is 0 Å². The molecule has 0 N–H and O–H groups in total. The highest BCUT2D eigenvalue weighted by molar-refractivity contribution is 6.29. The molecule has 0 aromatic carbocycles. The van der Waals surface area contributed by atoms with Crippen LogP contribution in [0.2, 0.25) is 5.15 Å². The van der Waals surface area contributed by atoms with Crippen molar-refractivity contribution in [3.63, 3.8) is 0 Å². The van der Waals surface area contributed by atoms with Crippen molar-refractivity contribution in [2.45, 2.75) is 26.2 Å². The number of halogens is 1. The fraction of sp³-hybridized carbons (Fsp3) is 0.364. The van der Waals surface area contributed by atoms with E-state index in [-0.39, 0.29) is 5.41 Å². The second-order valence-electron chi connectivity index (χ2n) is 4.58. The third-order valence-corrected chi connectivity index (χ3v) is 2.49. The minimum Gasteiger partial charge on any atom is -0.245 e. The smallest absolute Gasteiger partial charge is 0.158 e. The van der Waals surface area contributed by atoms with Crippen LogP contribution in [0.4, 0.5) is 0 Å². The maximum absolute atomic E-state index is 6.13. The summed E-state index contributed by atoms with van der Waals surface area (Å²) in [5.41, 5.74) is 0.915. The molecule has 0 saturated heterocycles. The molecule has 2 aromatic rings. The first-order valence-corrected chi connectivity index (χ1v) is 5.39. The molecule has 2 rings (SSSR count). The van der Waals surface area contributed by atoms with Gasteiger partial charge in [0, 0.05) is 17.7 Å². The highest BCUT2D eigenvalue weighted by Crippen LogP contribution is 2.25. The van der Waals surface area contributed by atoms with E-state index in [4.69, 9.17) is 11.6 Å². The van der Waals surface area contributed by atoms with E-state index >= 15 is 0 Å². The van der Waals surface area contributed by atoms with Gasteiger partial charge in [0.2, 0.25) is 0 Å². The van der Waals surface area contributed by atoms with Crippen molar-refractivity contribution >= 4 is 11.6 Å². The summed E-state index contributed by atoms with van der Waals surface area (Å²) in [5, 5.41) is 5.00. The maximum atomic E-state index is 6.13. The fourth-order valence-corrected chi connectivity index (χ4v) is 1.52. The molecule has 0 aliphatic rings. The SMILES string of the molecule is CC(C)(C)c1cc(Cl)n(-c2ccncn2)n1. The minimum absolute atomic E-state index is 0.0259. The van der Waals surface area contributed by atoms with E-state index in [1.165, 1.54) is 6.33 Å². The lowest BCUT2D eigenvalue weighted by molar-refractivity contribution is 0.559. The zero-order valence-electron chi connectivity index (χ0n) is 9.48. The predicted molar refractivity (Wildman–Crippen MR) is 62.9 cm³/mol. The van der Waals surface area contributed by atoms with Crippen LogP contribution in [-0.4, -0.2) is 19.7 Å². The molecular weight excluding hydrogens is 224 g/mol. The van der Waals surface area contributed by atoms with Crippen molar-refractivity contribution in [1.29, 1.82) is 0 Å². The zero-order valence-corrected chi connectivity index (χ0v) is 10.2. The van der Waals surface area contributed by atoms with Gasteiger partial charge < -0.3 is 0 Å². The van der Waals surface area contributed by atoms with Gasteiger partial charge in [-0.25, -0.2) is 14.6 Å². The van der Waals surface area contributed by atoms with Gasteiger partial charge in [0.1, 0.15) is 11.5 Å². The van der Waals surface area contributed by atoms with Crippen molar-refractivity contribution in [1.82, 2.24) is 19.7 Å². The summed E-state index contributed by atoms with van der Waals surface area (Å²) in [6, 6.07) is 3.63. The molecule has 2 heterocycles. The van der Waals surface area contributed by atoms with Gasteiger partial charge in [0.25, 0.3) is 0 Å². The van der Waals surface area contributed by atoms with Crippen molar-refractivity contribution in [2.24, 2.45) is 0 Å². The standard InChI is InChI=1S/C11H13ClN4/c1-11(2,3)8-6-9(12)16(15-8)10-4-5-13-7-14-10/h4-7H,1-3H3. The molecular formula is C11H13ClN4. The van der Waals surface area contributed by atoms with Gasteiger partial charge >= 0.3 is 0 Å². The van der Waals surface area contributed by atoms with Crippen LogP contribution in [0.25, 0.3) is 5.82 Å². The van der Waals surface area contributed by atoms with Crippen molar-refractivity contribution in [3.05, 3.63) is 35.5 Å². The summed E-state index contributed by atoms with van der Waals surface area (Å²) >= 11 is 6.13. The second-order valence-corrected chi connectivity index (χ2v) is 4.97. The first-order valence-electron chi connectivity index (χ1n) is 5.01. The number of hydrogen-bond donors (Lipinski definition) is 0. The summed E-state index contributed by atoms with van der Waals surface area (Å²) in [5.74, 6) is 0.676. The minimum atomic E-state index is -0.0259. The molecule has 0 aliphatic heterocycles. The van der Waals surface area contributed by atoms with Gasteiger partial charge in [-0.05, 0) is 6.07 Å². The zero-order chi connectivity index (χ0) is 11.8. The Labute approximate surface area is 99.3 Å². The van der Waals surface area contributed by atoms with Crippen LogP contribution in [0.1, 0.15) is 26.5 Å². The predicted octanol–water partition coefficient (Wildman–Crippen LogP) is 2.61. The van der Waals surface area contributed by atoms with E-state index in [0.717, 1.165) is 5.69 Å². The molecule has 16 heavy (non-hydrogen) atoms. The maximum Gasteiger partial charge on any atom is 0.158 e. The molecule has 2 aromatic heterocycles. The molecule has 0 saturated carbocycles. The third kappa shape index (κ3) is 2.07. The number of aromatic nitrogens is 4. The lowest BCUT2D eigenvalue weighted by Crippen LogP contribution is -2.12. The number of rotatable bonds is 1. The van der Waals surface area contributed by atoms with Gasteiger partial charge in [-0.3, -0.25) is 0 Å². The second kappa shape index (κ2) is 3.87. The van der Waals surface area contributed by atoms with E-state index in [1.807, 2.05) is 6.07 Å². The number of hydrogen-bond acceptors (Lipinski definition) is 3. The van der Waals surface area contributed by atoms with E-state index in [2.05, 4.69) is 35.8 Å². The normalized spacial score (nSPS) is 11.8.